The predicted octanol–water partition coefficient (Wildman–Crippen LogP) is 1.32. The summed E-state index contributed by atoms with van der Waals surface area (Å²) in [6.45, 7) is 3.57. The molecule has 0 saturated carbocycles. The highest BCUT2D eigenvalue weighted by atomic mass is 19.1. The third-order valence-corrected chi connectivity index (χ3v) is 3.39. The molecule has 4 nitrogen and oxygen atoms in total. The number of aliphatic hydroxyl groups excluding tert-OH is 1. The lowest BCUT2D eigenvalue weighted by atomic mass is 10.1. The Labute approximate surface area is 123 Å². The van der Waals surface area contributed by atoms with Gasteiger partial charge in [-0.05, 0) is 39.4 Å². The number of carbonyl (C=O) groups is 1. The van der Waals surface area contributed by atoms with Crippen LogP contribution in [0, 0.1) is 11.6 Å². The molecule has 0 aliphatic carbocycles. The molecular formula is C15H22F2N2O2. The zero-order valence-electron chi connectivity index (χ0n) is 12.6. The van der Waals surface area contributed by atoms with Crippen LogP contribution in [0.15, 0.2) is 18.2 Å². The monoisotopic (exact) mass is 300 g/mol. The van der Waals surface area contributed by atoms with E-state index in [4.69, 9.17) is 5.11 Å². The third kappa shape index (κ3) is 5.40. The lowest BCUT2D eigenvalue weighted by molar-refractivity contribution is -0.123. The Hall–Kier alpha value is -1.53. The zero-order valence-corrected chi connectivity index (χ0v) is 12.6. The van der Waals surface area contributed by atoms with E-state index >= 15 is 0 Å². The van der Waals surface area contributed by atoms with E-state index in [1.165, 1.54) is 18.2 Å². The average molecular weight is 300 g/mol. The van der Waals surface area contributed by atoms with Gasteiger partial charge in [-0.1, -0.05) is 6.07 Å². The first-order valence-corrected chi connectivity index (χ1v) is 6.88. The topological polar surface area (TPSA) is 52.6 Å². The summed E-state index contributed by atoms with van der Waals surface area (Å²) in [6, 6.07) is 3.19. The van der Waals surface area contributed by atoms with Crippen LogP contribution in [0.5, 0.6) is 0 Å². The summed E-state index contributed by atoms with van der Waals surface area (Å²) in [5.41, 5.74) is -0.0256. The second-order valence-corrected chi connectivity index (χ2v) is 5.32. The first-order valence-electron chi connectivity index (χ1n) is 6.88. The van der Waals surface area contributed by atoms with Crippen molar-refractivity contribution < 1.29 is 18.7 Å². The molecular weight excluding hydrogens is 278 g/mol. The Morgan fingerprint density at radius 2 is 1.90 bits per heavy atom. The molecule has 1 rings (SSSR count). The van der Waals surface area contributed by atoms with Crippen molar-refractivity contribution in [1.82, 2.24) is 10.2 Å². The number of halogens is 2. The van der Waals surface area contributed by atoms with Crippen LogP contribution in [0.25, 0.3) is 0 Å². The zero-order chi connectivity index (χ0) is 16.0. The molecule has 2 N–H and O–H groups in total. The molecule has 0 fully saturated rings. The van der Waals surface area contributed by atoms with E-state index in [1.807, 2.05) is 0 Å². The maximum atomic E-state index is 13.5. The maximum Gasteiger partial charge on any atom is 0.234 e. The molecule has 6 heteroatoms. The lowest BCUT2D eigenvalue weighted by Gasteiger charge is -2.23. The van der Waals surface area contributed by atoms with Crippen LogP contribution in [-0.2, 0) is 11.2 Å². The second-order valence-electron chi connectivity index (χ2n) is 5.32. The summed E-state index contributed by atoms with van der Waals surface area (Å²) in [7, 11) is 1.72. The van der Waals surface area contributed by atoms with Crippen molar-refractivity contribution in [2.45, 2.75) is 32.4 Å². The molecule has 0 heterocycles. The minimum Gasteiger partial charge on any atom is -0.395 e. The summed E-state index contributed by atoms with van der Waals surface area (Å²) in [6.07, 6.45) is 0.0868. The Balaban J connectivity index is 2.54. The average Bonchev–Trinajstić information content (AvgIpc) is 2.41. The van der Waals surface area contributed by atoms with Gasteiger partial charge in [-0.3, -0.25) is 9.69 Å². The number of carbonyl (C=O) groups excluding carboxylic acids is 1. The van der Waals surface area contributed by atoms with Crippen LogP contribution in [0.4, 0.5) is 8.78 Å². The first kappa shape index (κ1) is 17.5. The van der Waals surface area contributed by atoms with E-state index in [0.29, 0.717) is 0 Å². The minimum atomic E-state index is -0.609. The van der Waals surface area contributed by atoms with Crippen molar-refractivity contribution in [3.8, 4) is 0 Å². The highest BCUT2D eigenvalue weighted by molar-refractivity contribution is 5.78. The summed E-state index contributed by atoms with van der Waals surface area (Å²) < 4.78 is 27.0. The highest BCUT2D eigenvalue weighted by Crippen LogP contribution is 2.14. The van der Waals surface area contributed by atoms with Gasteiger partial charge in [0.05, 0.1) is 13.2 Å². The van der Waals surface area contributed by atoms with Crippen molar-refractivity contribution in [1.29, 1.82) is 0 Å². The van der Waals surface area contributed by atoms with Gasteiger partial charge in [0.15, 0.2) is 0 Å². The normalized spacial score (nSPS) is 14.0. The number of nitrogens with zero attached hydrogens (tertiary/aromatic N) is 1. The van der Waals surface area contributed by atoms with E-state index in [2.05, 4.69) is 5.32 Å². The fraction of sp³-hybridized carbons (Fsp3) is 0.533. The molecule has 1 aromatic rings. The van der Waals surface area contributed by atoms with E-state index in [1.54, 1.807) is 25.8 Å². The third-order valence-electron chi connectivity index (χ3n) is 3.39. The fourth-order valence-corrected chi connectivity index (χ4v) is 1.93. The molecule has 2 unspecified atom stereocenters. The Morgan fingerprint density at radius 3 is 2.43 bits per heavy atom. The minimum absolute atomic E-state index is 0.0256. The highest BCUT2D eigenvalue weighted by Gasteiger charge is 2.16. The summed E-state index contributed by atoms with van der Waals surface area (Å²) in [5.74, 6) is -1.47. The molecule has 0 spiro atoms. The van der Waals surface area contributed by atoms with Gasteiger partial charge >= 0.3 is 0 Å². The van der Waals surface area contributed by atoms with E-state index in [9.17, 15) is 13.6 Å². The summed E-state index contributed by atoms with van der Waals surface area (Å²) in [5, 5.41) is 11.7. The van der Waals surface area contributed by atoms with Crippen molar-refractivity contribution in [2.75, 3.05) is 20.2 Å². The van der Waals surface area contributed by atoms with Gasteiger partial charge in [0.1, 0.15) is 11.6 Å². The smallest absolute Gasteiger partial charge is 0.234 e. The number of benzene rings is 1. The molecule has 0 radical (unpaired) electrons. The molecule has 0 aliphatic rings. The van der Waals surface area contributed by atoms with E-state index in [0.717, 1.165) is 0 Å². The Kier molecular flexibility index (Phi) is 6.71. The number of nitrogens with one attached hydrogen (secondary N) is 1. The summed E-state index contributed by atoms with van der Waals surface area (Å²) in [4.78, 5) is 13.5. The molecule has 0 saturated heterocycles. The van der Waals surface area contributed by atoms with Crippen molar-refractivity contribution in [3.63, 3.8) is 0 Å². The number of hydrogen-bond donors (Lipinski definition) is 2. The SMILES string of the molecule is CC(Cc1c(F)cccc1F)NC(=O)CN(C)C(C)CO. The number of likely N-dealkylation sites (N-methyl/N-ethyl adjacent to an activating group) is 1. The van der Waals surface area contributed by atoms with Crippen molar-refractivity contribution >= 4 is 5.91 Å². The predicted molar refractivity (Wildman–Crippen MR) is 76.8 cm³/mol. The summed E-state index contributed by atoms with van der Waals surface area (Å²) >= 11 is 0. The van der Waals surface area contributed by atoms with Gasteiger partial charge in [0, 0.05) is 17.6 Å². The molecule has 1 aromatic carbocycles. The van der Waals surface area contributed by atoms with E-state index < -0.39 is 11.6 Å². The van der Waals surface area contributed by atoms with Crippen LogP contribution in [0.2, 0.25) is 0 Å². The van der Waals surface area contributed by atoms with Crippen molar-refractivity contribution in [2.24, 2.45) is 0 Å². The van der Waals surface area contributed by atoms with Crippen LogP contribution in [0.3, 0.4) is 0 Å². The number of rotatable bonds is 7. The fourth-order valence-electron chi connectivity index (χ4n) is 1.93. The maximum absolute atomic E-state index is 13.5. The quantitative estimate of drug-likeness (QED) is 0.798. The van der Waals surface area contributed by atoms with Gasteiger partial charge < -0.3 is 10.4 Å². The molecule has 118 valence electrons. The van der Waals surface area contributed by atoms with Crippen LogP contribution < -0.4 is 5.32 Å². The van der Waals surface area contributed by atoms with Crippen LogP contribution in [0.1, 0.15) is 19.4 Å². The molecule has 0 aromatic heterocycles. The molecule has 0 bridgehead atoms. The van der Waals surface area contributed by atoms with Gasteiger partial charge in [-0.25, -0.2) is 8.78 Å². The van der Waals surface area contributed by atoms with Crippen molar-refractivity contribution in [3.05, 3.63) is 35.4 Å². The molecule has 0 aliphatic heterocycles. The van der Waals surface area contributed by atoms with Crippen LogP contribution in [-0.4, -0.2) is 48.2 Å². The number of amides is 1. The van der Waals surface area contributed by atoms with Gasteiger partial charge in [0.2, 0.25) is 5.91 Å². The van der Waals surface area contributed by atoms with Gasteiger partial charge in [-0.2, -0.15) is 0 Å². The van der Waals surface area contributed by atoms with Gasteiger partial charge in [0.25, 0.3) is 0 Å². The van der Waals surface area contributed by atoms with Gasteiger partial charge in [-0.15, -0.1) is 0 Å². The van der Waals surface area contributed by atoms with Crippen LogP contribution >= 0.6 is 0 Å². The lowest BCUT2D eigenvalue weighted by Crippen LogP contribution is -2.44. The number of aliphatic hydroxyl groups is 1. The first-order chi connectivity index (χ1) is 9.85. The molecule has 1 amide bonds. The molecule has 2 atom stereocenters. The Bertz CT molecular complexity index is 462. The van der Waals surface area contributed by atoms with E-state index in [-0.39, 0.29) is 43.1 Å². The second kappa shape index (κ2) is 8.05. The number of hydrogen-bond acceptors (Lipinski definition) is 3. The largest absolute Gasteiger partial charge is 0.395 e. The molecule has 21 heavy (non-hydrogen) atoms. The Morgan fingerprint density at radius 1 is 1.33 bits per heavy atom. The standard InChI is InChI=1S/C15H22F2N2O2/c1-10(7-12-13(16)5-4-6-14(12)17)18-15(21)8-19(3)11(2)9-20/h4-6,10-11,20H,7-9H2,1-3H3,(H,18,21).